The highest BCUT2D eigenvalue weighted by atomic mass is 16.5. The first-order valence-corrected chi connectivity index (χ1v) is 14.5. The average molecular weight is 545 g/mol. The van der Waals surface area contributed by atoms with E-state index in [9.17, 15) is 5.11 Å². The van der Waals surface area contributed by atoms with Crippen molar-refractivity contribution in [2.75, 3.05) is 39.0 Å². The number of pyridine rings is 1. The zero-order chi connectivity index (χ0) is 27.6. The molecule has 1 unspecified atom stereocenters. The maximum absolute atomic E-state index is 9.82. The fraction of sp³-hybridized carbons (Fsp3) is 0.500. The molecule has 1 saturated heterocycles. The van der Waals surface area contributed by atoms with Gasteiger partial charge in [0, 0.05) is 68.6 Å². The molecule has 40 heavy (non-hydrogen) atoms. The number of likely N-dealkylation sites (tertiary alicyclic amines) is 1. The Labute approximate surface area is 235 Å². The van der Waals surface area contributed by atoms with Crippen LogP contribution in [0.2, 0.25) is 0 Å². The predicted octanol–water partition coefficient (Wildman–Crippen LogP) is 3.57. The molecule has 1 saturated carbocycles. The van der Waals surface area contributed by atoms with Crippen molar-refractivity contribution >= 4 is 22.6 Å². The van der Waals surface area contributed by atoms with E-state index in [1.807, 2.05) is 13.2 Å². The summed E-state index contributed by atoms with van der Waals surface area (Å²) in [5, 5.41) is 28.6. The standard InChI is InChI=1S/C30H40N8O2/c1-4-32-27-15-26-25(16-33-27)30(21-7-5-20(6-8-21)17-37-18-22(19-37)31-2)35-38(26)23-9-11-24(12-10-23)40-28-13-14-29(39)36(3)34-28/h5-8,13-16,22-24,29,31,39H,4,9-12,17-19H2,1-3H3,(H,32,33). The van der Waals surface area contributed by atoms with Crippen LogP contribution in [0.3, 0.4) is 0 Å². The number of benzene rings is 1. The molecule has 212 valence electrons. The number of anilines is 1. The normalized spacial score (nSPS) is 23.8. The van der Waals surface area contributed by atoms with Crippen molar-refractivity contribution in [1.82, 2.24) is 30.0 Å². The maximum Gasteiger partial charge on any atom is 0.230 e. The highest BCUT2D eigenvalue weighted by Crippen LogP contribution is 2.36. The first-order valence-electron chi connectivity index (χ1n) is 14.5. The summed E-state index contributed by atoms with van der Waals surface area (Å²) in [7, 11) is 3.77. The minimum Gasteiger partial charge on any atom is -0.473 e. The number of aliphatic hydroxyl groups excluding tert-OH is 1. The van der Waals surface area contributed by atoms with Crippen molar-refractivity contribution in [3.8, 4) is 11.3 Å². The van der Waals surface area contributed by atoms with Crippen molar-refractivity contribution in [2.45, 2.75) is 63.6 Å². The lowest BCUT2D eigenvalue weighted by Gasteiger charge is -2.39. The molecule has 3 N–H and O–H groups in total. The highest BCUT2D eigenvalue weighted by molar-refractivity contribution is 5.94. The van der Waals surface area contributed by atoms with Gasteiger partial charge in [0.25, 0.3) is 0 Å². The minimum absolute atomic E-state index is 0.103. The van der Waals surface area contributed by atoms with Gasteiger partial charge in [-0.2, -0.15) is 5.10 Å². The number of hydrazone groups is 1. The van der Waals surface area contributed by atoms with Crippen LogP contribution in [0.4, 0.5) is 5.82 Å². The number of aromatic nitrogens is 3. The van der Waals surface area contributed by atoms with E-state index < -0.39 is 6.23 Å². The van der Waals surface area contributed by atoms with Gasteiger partial charge in [-0.1, -0.05) is 24.3 Å². The number of fused-ring (bicyclic) bond motifs is 1. The summed E-state index contributed by atoms with van der Waals surface area (Å²) in [4.78, 5) is 7.15. The lowest BCUT2D eigenvalue weighted by molar-refractivity contribution is 0.0532. The van der Waals surface area contributed by atoms with Gasteiger partial charge in [-0.05, 0) is 51.3 Å². The number of aliphatic hydroxyl groups is 1. The third kappa shape index (κ3) is 5.56. The fourth-order valence-corrected chi connectivity index (χ4v) is 5.89. The van der Waals surface area contributed by atoms with Crippen LogP contribution in [0.25, 0.3) is 22.2 Å². The molecule has 2 aliphatic heterocycles. The van der Waals surface area contributed by atoms with Crippen LogP contribution in [0.15, 0.2) is 53.8 Å². The molecule has 0 amide bonds. The molecule has 6 rings (SSSR count). The number of nitrogens with zero attached hydrogens (tertiary/aromatic N) is 6. The number of nitrogens with one attached hydrogen (secondary N) is 2. The van der Waals surface area contributed by atoms with E-state index in [0.29, 0.717) is 11.9 Å². The smallest absolute Gasteiger partial charge is 0.230 e. The lowest BCUT2D eigenvalue weighted by atomic mass is 9.93. The Hall–Kier alpha value is -3.47. The van der Waals surface area contributed by atoms with E-state index in [-0.39, 0.29) is 12.1 Å². The summed E-state index contributed by atoms with van der Waals surface area (Å²) >= 11 is 0. The molecule has 10 nitrogen and oxygen atoms in total. The molecule has 10 heteroatoms. The Morgan fingerprint density at radius 1 is 1.10 bits per heavy atom. The zero-order valence-electron chi connectivity index (χ0n) is 23.6. The second-order valence-electron chi connectivity index (χ2n) is 11.1. The third-order valence-electron chi connectivity index (χ3n) is 8.28. The van der Waals surface area contributed by atoms with E-state index >= 15 is 0 Å². The predicted molar refractivity (Wildman–Crippen MR) is 158 cm³/mol. The summed E-state index contributed by atoms with van der Waals surface area (Å²) in [6.07, 6.45) is 8.60. The highest BCUT2D eigenvalue weighted by Gasteiger charge is 2.28. The van der Waals surface area contributed by atoms with Crippen LogP contribution < -0.4 is 10.6 Å². The summed E-state index contributed by atoms with van der Waals surface area (Å²) in [5.41, 5.74) is 4.54. The second-order valence-corrected chi connectivity index (χ2v) is 11.1. The monoisotopic (exact) mass is 544 g/mol. The van der Waals surface area contributed by atoms with Crippen LogP contribution >= 0.6 is 0 Å². The molecule has 4 heterocycles. The number of likely N-dealkylation sites (N-methyl/N-ethyl adjacent to an activating group) is 2. The van der Waals surface area contributed by atoms with Crippen molar-refractivity contribution in [1.29, 1.82) is 0 Å². The molecule has 0 spiro atoms. The van der Waals surface area contributed by atoms with Gasteiger partial charge in [-0.25, -0.2) is 4.98 Å². The Morgan fingerprint density at radius 2 is 1.88 bits per heavy atom. The van der Waals surface area contributed by atoms with Crippen molar-refractivity contribution < 1.29 is 9.84 Å². The Balaban J connectivity index is 1.20. The molecule has 0 bridgehead atoms. The largest absolute Gasteiger partial charge is 0.473 e. The Morgan fingerprint density at radius 3 is 2.58 bits per heavy atom. The molecule has 2 fully saturated rings. The number of hydrogen-bond acceptors (Lipinski definition) is 9. The molecule has 1 aromatic carbocycles. The fourth-order valence-electron chi connectivity index (χ4n) is 5.89. The summed E-state index contributed by atoms with van der Waals surface area (Å²) in [6.45, 7) is 6.09. The van der Waals surface area contributed by atoms with Crippen LogP contribution in [0.5, 0.6) is 0 Å². The average Bonchev–Trinajstić information content (AvgIpc) is 3.32. The van der Waals surface area contributed by atoms with E-state index in [1.165, 1.54) is 10.6 Å². The summed E-state index contributed by atoms with van der Waals surface area (Å²) in [6, 6.07) is 11.9. The first-order chi connectivity index (χ1) is 19.5. The van der Waals surface area contributed by atoms with Gasteiger partial charge in [0.1, 0.15) is 17.6 Å². The van der Waals surface area contributed by atoms with Gasteiger partial charge in [0.15, 0.2) is 6.23 Å². The quantitative estimate of drug-likeness (QED) is 0.396. The number of hydrogen-bond donors (Lipinski definition) is 3. The second kappa shape index (κ2) is 11.6. The van der Waals surface area contributed by atoms with Crippen molar-refractivity contribution in [3.05, 3.63) is 54.2 Å². The molecule has 1 atom stereocenters. The summed E-state index contributed by atoms with van der Waals surface area (Å²) in [5.74, 6) is 1.43. The SMILES string of the molecule is CCNc1cc2c(cn1)c(-c1ccc(CN3CC(NC)C3)cc1)nn2C1CCC(OC2=NN(C)C(O)C=C2)CC1. The molecule has 2 aromatic heterocycles. The van der Waals surface area contributed by atoms with Crippen molar-refractivity contribution in [2.24, 2.45) is 5.10 Å². The topological polar surface area (TPSA) is 103 Å². The van der Waals surface area contributed by atoms with Gasteiger partial charge in [-0.15, -0.1) is 5.10 Å². The van der Waals surface area contributed by atoms with Gasteiger partial charge in [0.05, 0.1) is 11.6 Å². The lowest BCUT2D eigenvalue weighted by Crippen LogP contribution is -2.56. The zero-order valence-corrected chi connectivity index (χ0v) is 23.6. The molecular weight excluding hydrogens is 504 g/mol. The first kappa shape index (κ1) is 26.7. The minimum atomic E-state index is -0.699. The maximum atomic E-state index is 9.82. The van der Waals surface area contributed by atoms with E-state index in [4.69, 9.17) is 9.84 Å². The molecule has 3 aliphatic rings. The van der Waals surface area contributed by atoms with Crippen molar-refractivity contribution in [3.63, 3.8) is 0 Å². The van der Waals surface area contributed by atoms with Gasteiger partial charge < -0.3 is 20.5 Å². The molecule has 1 aliphatic carbocycles. The van der Waals surface area contributed by atoms with E-state index in [2.05, 4.69) is 67.6 Å². The third-order valence-corrected chi connectivity index (χ3v) is 8.28. The van der Waals surface area contributed by atoms with Gasteiger partial charge in [-0.3, -0.25) is 14.6 Å². The van der Waals surface area contributed by atoms with Gasteiger partial charge in [0.2, 0.25) is 5.90 Å². The van der Waals surface area contributed by atoms with E-state index in [1.54, 1.807) is 19.2 Å². The molecule has 3 aromatic rings. The molecule has 0 radical (unpaired) electrons. The van der Waals surface area contributed by atoms with Crippen LogP contribution in [-0.2, 0) is 11.3 Å². The van der Waals surface area contributed by atoms with Gasteiger partial charge >= 0.3 is 0 Å². The van der Waals surface area contributed by atoms with Crippen LogP contribution in [0.1, 0.15) is 44.2 Å². The number of ether oxygens (including phenoxy) is 1. The van der Waals surface area contributed by atoms with Crippen LogP contribution in [-0.4, -0.2) is 87.8 Å². The number of rotatable bonds is 8. The van der Waals surface area contributed by atoms with E-state index in [0.717, 1.165) is 79.8 Å². The Bertz CT molecular complexity index is 1370. The molecular formula is C30H40N8O2. The Kier molecular flexibility index (Phi) is 7.73. The van der Waals surface area contributed by atoms with Crippen LogP contribution in [0, 0.1) is 0 Å². The summed E-state index contributed by atoms with van der Waals surface area (Å²) < 4.78 is 8.38.